The first kappa shape index (κ1) is 16.2. The fraction of sp³-hybridized carbons (Fsp3) is 0.600. The van der Waals surface area contributed by atoms with Gasteiger partial charge in [0.15, 0.2) is 0 Å². The predicted molar refractivity (Wildman–Crippen MR) is 85.2 cm³/mol. The summed E-state index contributed by atoms with van der Waals surface area (Å²) in [5, 5.41) is 10.8. The summed E-state index contributed by atoms with van der Waals surface area (Å²) < 4.78 is 6.54. The molecule has 1 aliphatic rings. The largest absolute Gasteiger partial charge is 0.388 e. The maximum Gasteiger partial charge on any atom is 0.0816 e. The lowest BCUT2D eigenvalue weighted by molar-refractivity contribution is 0.0740. The molecule has 0 aromatic heterocycles. The number of ether oxygens (including phenoxy) is 1. The van der Waals surface area contributed by atoms with Gasteiger partial charge >= 0.3 is 0 Å². The number of rotatable bonds is 6. The highest BCUT2D eigenvalue weighted by Gasteiger charge is 2.18. The number of hydrogen-bond acceptors (Lipinski definition) is 3. The highest BCUT2D eigenvalue weighted by Crippen LogP contribution is 2.28. The van der Waals surface area contributed by atoms with Crippen LogP contribution in [-0.4, -0.2) is 42.9 Å². The molecule has 1 aromatic rings. The number of aliphatic hydroxyl groups excluding tert-OH is 1. The quantitative estimate of drug-likeness (QED) is 0.838. The van der Waals surface area contributed by atoms with Gasteiger partial charge in [-0.1, -0.05) is 33.6 Å². The van der Waals surface area contributed by atoms with Gasteiger partial charge < -0.3 is 14.7 Å². The second-order valence-corrected chi connectivity index (χ2v) is 6.69. The van der Waals surface area contributed by atoms with Gasteiger partial charge in [-0.15, -0.1) is 0 Å². The first-order chi connectivity index (χ1) is 9.56. The average Bonchev–Trinajstić information content (AvgIpc) is 2.89. The first-order valence-corrected chi connectivity index (χ1v) is 8.16. The van der Waals surface area contributed by atoms with Gasteiger partial charge in [0.1, 0.15) is 0 Å². The minimum atomic E-state index is -0.525. The van der Waals surface area contributed by atoms with Gasteiger partial charge in [-0.2, -0.15) is 0 Å². The molecule has 3 nitrogen and oxygen atoms in total. The van der Waals surface area contributed by atoms with Gasteiger partial charge in [-0.05, 0) is 44.0 Å². The van der Waals surface area contributed by atoms with Crippen molar-refractivity contribution in [1.29, 1.82) is 0 Å². The lowest BCUT2D eigenvalue weighted by atomic mass is 10.1. The normalized spacial score (nSPS) is 20.6. The zero-order valence-corrected chi connectivity index (χ0v) is 14.0. The van der Waals surface area contributed by atoms with Crippen molar-refractivity contribution in [2.75, 3.05) is 26.7 Å². The third-order valence-electron chi connectivity index (χ3n) is 3.65. The number of nitrogens with zero attached hydrogens (tertiary/aromatic N) is 1. The van der Waals surface area contributed by atoms with Gasteiger partial charge in [-0.25, -0.2) is 0 Å². The van der Waals surface area contributed by atoms with Crippen molar-refractivity contribution < 1.29 is 9.84 Å². The van der Waals surface area contributed by atoms with Crippen molar-refractivity contribution in [1.82, 2.24) is 4.90 Å². The van der Waals surface area contributed by atoms with Gasteiger partial charge in [0, 0.05) is 29.2 Å². The van der Waals surface area contributed by atoms with Crippen molar-refractivity contribution in [2.45, 2.75) is 31.5 Å². The highest BCUT2D eigenvalue weighted by atomic mass is 79.9. The van der Waals surface area contributed by atoms with Crippen molar-refractivity contribution in [3.05, 3.63) is 33.3 Å². The molecule has 0 saturated carbocycles. The van der Waals surface area contributed by atoms with Crippen LogP contribution in [0.5, 0.6) is 0 Å². The van der Waals surface area contributed by atoms with Crippen LogP contribution in [0.1, 0.15) is 30.9 Å². The molecule has 1 N–H and O–H groups in total. The van der Waals surface area contributed by atoms with Crippen LogP contribution in [0.15, 0.2) is 22.7 Å². The lowest BCUT2D eigenvalue weighted by Crippen LogP contribution is -2.30. The average molecular weight is 363 g/mol. The second kappa shape index (κ2) is 7.76. The van der Waals surface area contributed by atoms with Crippen LogP contribution in [-0.2, 0) is 4.74 Å². The third-order valence-corrected chi connectivity index (χ3v) is 4.47. The van der Waals surface area contributed by atoms with Crippen molar-refractivity contribution in [2.24, 2.45) is 0 Å². The number of hydrogen-bond donors (Lipinski definition) is 1. The summed E-state index contributed by atoms with van der Waals surface area (Å²) in [5.74, 6) is 0. The number of benzene rings is 1. The summed E-state index contributed by atoms with van der Waals surface area (Å²) in [5.41, 5.74) is 0.792. The minimum absolute atomic E-state index is 0.355. The molecule has 5 heteroatoms. The lowest BCUT2D eigenvalue weighted by Gasteiger charge is -2.22. The van der Waals surface area contributed by atoms with Gasteiger partial charge in [0.05, 0.1) is 12.2 Å². The van der Waals surface area contributed by atoms with Crippen LogP contribution in [0.25, 0.3) is 0 Å². The summed E-state index contributed by atoms with van der Waals surface area (Å²) in [6, 6.07) is 5.59. The molecule has 0 bridgehead atoms. The van der Waals surface area contributed by atoms with E-state index in [4.69, 9.17) is 16.3 Å². The Kier molecular flexibility index (Phi) is 6.30. The highest BCUT2D eigenvalue weighted by molar-refractivity contribution is 9.10. The van der Waals surface area contributed by atoms with E-state index < -0.39 is 6.10 Å². The van der Waals surface area contributed by atoms with Crippen molar-refractivity contribution in [3.63, 3.8) is 0 Å². The molecule has 2 rings (SSSR count). The SMILES string of the molecule is CN(CCC(O)c1ccc(Br)cc1Cl)CC1CCCO1. The van der Waals surface area contributed by atoms with Crippen molar-refractivity contribution >= 4 is 27.5 Å². The molecule has 1 aromatic carbocycles. The Labute approximate surface area is 134 Å². The Morgan fingerprint density at radius 3 is 3.00 bits per heavy atom. The number of halogens is 2. The molecular formula is C15H21BrClNO2. The number of likely N-dealkylation sites (N-methyl/N-ethyl adjacent to an activating group) is 1. The van der Waals surface area contributed by atoms with E-state index in [-0.39, 0.29) is 0 Å². The molecule has 0 amide bonds. The molecule has 1 saturated heterocycles. The summed E-state index contributed by atoms with van der Waals surface area (Å²) in [6.07, 6.45) is 2.81. The molecule has 2 unspecified atom stereocenters. The topological polar surface area (TPSA) is 32.7 Å². The third kappa shape index (κ3) is 4.71. The van der Waals surface area contributed by atoms with Crippen LogP contribution < -0.4 is 0 Å². The monoisotopic (exact) mass is 361 g/mol. The standard InChI is InChI=1S/C15H21BrClNO2/c1-18(10-12-3-2-8-20-12)7-6-15(19)13-5-4-11(16)9-14(13)17/h4-5,9,12,15,19H,2-3,6-8,10H2,1H3. The Morgan fingerprint density at radius 1 is 1.55 bits per heavy atom. The summed E-state index contributed by atoms with van der Waals surface area (Å²) in [7, 11) is 2.07. The zero-order valence-electron chi connectivity index (χ0n) is 11.7. The Balaban J connectivity index is 1.80. The molecule has 1 heterocycles. The van der Waals surface area contributed by atoms with Crippen molar-refractivity contribution in [3.8, 4) is 0 Å². The van der Waals surface area contributed by atoms with E-state index in [1.807, 2.05) is 18.2 Å². The maximum absolute atomic E-state index is 10.2. The molecule has 0 radical (unpaired) electrons. The summed E-state index contributed by atoms with van der Waals surface area (Å²) >= 11 is 9.52. The molecule has 112 valence electrons. The van der Waals surface area contributed by atoms with Gasteiger partial charge in [0.2, 0.25) is 0 Å². The van der Waals surface area contributed by atoms with E-state index >= 15 is 0 Å². The summed E-state index contributed by atoms with van der Waals surface area (Å²) in [4.78, 5) is 2.21. The van der Waals surface area contributed by atoms with Crippen LogP contribution in [0.2, 0.25) is 5.02 Å². The van der Waals surface area contributed by atoms with Crippen LogP contribution in [0.3, 0.4) is 0 Å². The smallest absolute Gasteiger partial charge is 0.0816 e. The Bertz CT molecular complexity index is 438. The Hall–Kier alpha value is -0.130. The number of aliphatic hydroxyl groups is 1. The van der Waals surface area contributed by atoms with E-state index in [1.165, 1.54) is 0 Å². The fourth-order valence-corrected chi connectivity index (χ4v) is 3.30. The molecule has 1 aliphatic heterocycles. The summed E-state index contributed by atoms with van der Waals surface area (Å²) in [6.45, 7) is 2.64. The van der Waals surface area contributed by atoms with Crippen LogP contribution in [0.4, 0.5) is 0 Å². The molecule has 2 atom stereocenters. The second-order valence-electron chi connectivity index (χ2n) is 5.37. The predicted octanol–water partition coefficient (Wildman–Crippen LogP) is 3.64. The van der Waals surface area contributed by atoms with E-state index in [2.05, 4.69) is 27.9 Å². The van der Waals surface area contributed by atoms with Crippen LogP contribution >= 0.6 is 27.5 Å². The molecule has 0 spiro atoms. The van der Waals surface area contributed by atoms with Gasteiger partial charge in [-0.3, -0.25) is 0 Å². The van der Waals surface area contributed by atoms with Gasteiger partial charge in [0.25, 0.3) is 0 Å². The van der Waals surface area contributed by atoms with E-state index in [9.17, 15) is 5.11 Å². The van der Waals surface area contributed by atoms with Crippen LogP contribution in [0, 0.1) is 0 Å². The van der Waals surface area contributed by atoms with E-state index in [0.29, 0.717) is 17.5 Å². The van der Waals surface area contributed by atoms with E-state index in [0.717, 1.165) is 42.6 Å². The zero-order chi connectivity index (χ0) is 14.5. The molecule has 0 aliphatic carbocycles. The molecule has 20 heavy (non-hydrogen) atoms. The van der Waals surface area contributed by atoms with E-state index in [1.54, 1.807) is 0 Å². The molecular weight excluding hydrogens is 342 g/mol. The minimum Gasteiger partial charge on any atom is -0.388 e. The maximum atomic E-state index is 10.2. The fourth-order valence-electron chi connectivity index (χ4n) is 2.50. The molecule has 1 fully saturated rings. The Morgan fingerprint density at radius 2 is 2.35 bits per heavy atom. The first-order valence-electron chi connectivity index (χ1n) is 6.99.